The van der Waals surface area contributed by atoms with E-state index < -0.39 is 43.2 Å². The lowest BCUT2D eigenvalue weighted by atomic mass is 9.89. The predicted molar refractivity (Wildman–Crippen MR) is 68.7 cm³/mol. The van der Waals surface area contributed by atoms with E-state index in [0.717, 1.165) is 12.8 Å². The Morgan fingerprint density at radius 2 is 1.85 bits per heavy atom. The van der Waals surface area contributed by atoms with E-state index in [1.165, 1.54) is 0 Å². The third-order valence-corrected chi connectivity index (χ3v) is 3.56. The lowest BCUT2D eigenvalue weighted by Crippen LogP contribution is -2.65. The van der Waals surface area contributed by atoms with E-state index in [1.54, 1.807) is 0 Å². The van der Waals surface area contributed by atoms with Crippen molar-refractivity contribution in [2.75, 3.05) is 6.61 Å². The molecule has 118 valence electrons. The molecule has 0 saturated carbocycles. The Bertz CT molecular complexity index is 320. The van der Waals surface area contributed by atoms with Crippen LogP contribution in [0.4, 0.5) is 0 Å². The van der Waals surface area contributed by atoms with Crippen LogP contribution in [0, 0.1) is 0 Å². The SMILES string of the molecule is CCCCCC(=O)C[C@@]1(O)O[C@H](CO)[C@@H](O)[C@H](O)[C@H]1O. The number of unbranched alkanes of at least 4 members (excludes halogenated alkanes) is 2. The molecular formula is C13H24O7. The summed E-state index contributed by atoms with van der Waals surface area (Å²) in [5.74, 6) is -2.59. The molecule has 5 N–H and O–H groups in total. The van der Waals surface area contributed by atoms with Crippen LogP contribution in [-0.2, 0) is 9.53 Å². The van der Waals surface area contributed by atoms with Crippen LogP contribution in [0.15, 0.2) is 0 Å². The minimum absolute atomic E-state index is 0.245. The van der Waals surface area contributed by atoms with Gasteiger partial charge < -0.3 is 30.3 Å². The number of hydrogen-bond acceptors (Lipinski definition) is 7. The molecule has 7 nitrogen and oxygen atoms in total. The van der Waals surface area contributed by atoms with Crippen molar-refractivity contribution in [3.63, 3.8) is 0 Å². The van der Waals surface area contributed by atoms with E-state index in [-0.39, 0.29) is 12.2 Å². The number of carbonyl (C=O) groups is 1. The van der Waals surface area contributed by atoms with Gasteiger partial charge in [0, 0.05) is 6.42 Å². The molecule has 1 fully saturated rings. The van der Waals surface area contributed by atoms with Gasteiger partial charge in [-0.05, 0) is 6.42 Å². The first kappa shape index (κ1) is 17.5. The second kappa shape index (κ2) is 7.44. The fourth-order valence-electron chi connectivity index (χ4n) is 2.31. The normalized spacial score (nSPS) is 37.9. The molecule has 1 saturated heterocycles. The number of rotatable bonds is 7. The molecule has 1 rings (SSSR count). The highest BCUT2D eigenvalue weighted by Gasteiger charge is 2.53. The second-order valence-corrected chi connectivity index (χ2v) is 5.28. The summed E-state index contributed by atoms with van der Waals surface area (Å²) in [6, 6.07) is 0. The molecule has 1 aliphatic heterocycles. The molecule has 5 atom stereocenters. The summed E-state index contributed by atoms with van der Waals surface area (Å²) < 4.78 is 5.02. The Morgan fingerprint density at radius 3 is 2.40 bits per heavy atom. The Hall–Kier alpha value is -0.570. The number of aliphatic hydroxyl groups is 5. The van der Waals surface area contributed by atoms with E-state index in [0.29, 0.717) is 6.42 Å². The van der Waals surface area contributed by atoms with Crippen molar-refractivity contribution in [2.24, 2.45) is 0 Å². The fourth-order valence-corrected chi connectivity index (χ4v) is 2.31. The van der Waals surface area contributed by atoms with Crippen LogP contribution >= 0.6 is 0 Å². The highest BCUT2D eigenvalue weighted by atomic mass is 16.7. The summed E-state index contributed by atoms with van der Waals surface area (Å²) in [6.45, 7) is 1.35. The first-order valence-corrected chi connectivity index (χ1v) is 6.92. The van der Waals surface area contributed by atoms with Gasteiger partial charge in [-0.25, -0.2) is 0 Å². The van der Waals surface area contributed by atoms with Crippen molar-refractivity contribution in [1.82, 2.24) is 0 Å². The molecule has 1 aliphatic rings. The standard InChI is InChI=1S/C13H24O7/c1-2-3-4-5-8(15)6-13(19)12(18)11(17)10(16)9(7-14)20-13/h9-12,14,16-19H,2-7H2,1H3/t9-,10-,11+,12-,13-/m1/s1. The quantitative estimate of drug-likeness (QED) is 0.369. The monoisotopic (exact) mass is 292 g/mol. The molecule has 20 heavy (non-hydrogen) atoms. The molecule has 0 aromatic heterocycles. The Kier molecular flexibility index (Phi) is 6.50. The fraction of sp³-hybridized carbons (Fsp3) is 0.923. The Morgan fingerprint density at radius 1 is 1.20 bits per heavy atom. The first-order valence-electron chi connectivity index (χ1n) is 6.92. The minimum Gasteiger partial charge on any atom is -0.394 e. The number of ketones is 1. The number of hydrogen-bond donors (Lipinski definition) is 5. The van der Waals surface area contributed by atoms with Gasteiger partial charge in [-0.1, -0.05) is 19.8 Å². The largest absolute Gasteiger partial charge is 0.394 e. The van der Waals surface area contributed by atoms with E-state index in [2.05, 4.69) is 0 Å². The van der Waals surface area contributed by atoms with Crippen LogP contribution in [-0.4, -0.2) is 68.1 Å². The molecule has 0 bridgehead atoms. The second-order valence-electron chi connectivity index (χ2n) is 5.28. The Labute approximate surface area is 117 Å². The highest BCUT2D eigenvalue weighted by molar-refractivity contribution is 5.79. The van der Waals surface area contributed by atoms with Gasteiger partial charge in [-0.2, -0.15) is 0 Å². The average molecular weight is 292 g/mol. The van der Waals surface area contributed by atoms with Crippen LogP contribution in [0.2, 0.25) is 0 Å². The zero-order valence-electron chi connectivity index (χ0n) is 11.6. The number of carbonyl (C=O) groups excluding carboxylic acids is 1. The maximum atomic E-state index is 11.8. The van der Waals surface area contributed by atoms with Gasteiger partial charge in [0.25, 0.3) is 0 Å². The van der Waals surface area contributed by atoms with Crippen LogP contribution < -0.4 is 0 Å². The maximum absolute atomic E-state index is 11.8. The third-order valence-electron chi connectivity index (χ3n) is 3.56. The molecule has 0 radical (unpaired) electrons. The minimum atomic E-state index is -2.28. The van der Waals surface area contributed by atoms with Crippen LogP contribution in [0.3, 0.4) is 0 Å². The number of Topliss-reactive ketones (excluding diaryl/α,β-unsaturated/α-hetero) is 1. The molecular weight excluding hydrogens is 268 g/mol. The highest BCUT2D eigenvalue weighted by Crippen LogP contribution is 2.31. The lowest BCUT2D eigenvalue weighted by molar-refractivity contribution is -0.347. The summed E-state index contributed by atoms with van der Waals surface area (Å²) in [5, 5.41) is 48.2. The van der Waals surface area contributed by atoms with Crippen molar-refractivity contribution < 1.29 is 35.1 Å². The van der Waals surface area contributed by atoms with E-state index >= 15 is 0 Å². The molecule has 0 aromatic carbocycles. The molecule has 0 aromatic rings. The van der Waals surface area contributed by atoms with Gasteiger partial charge in [-0.3, -0.25) is 4.79 Å². The predicted octanol–water partition coefficient (Wildman–Crippen LogP) is -1.31. The summed E-state index contributed by atoms with van der Waals surface area (Å²) >= 11 is 0. The molecule has 0 spiro atoms. The smallest absolute Gasteiger partial charge is 0.202 e. The van der Waals surface area contributed by atoms with Crippen molar-refractivity contribution in [2.45, 2.75) is 69.2 Å². The van der Waals surface area contributed by atoms with Crippen LogP contribution in [0.5, 0.6) is 0 Å². The molecule has 0 amide bonds. The Balaban J connectivity index is 2.67. The van der Waals surface area contributed by atoms with E-state index in [1.807, 2.05) is 6.92 Å². The van der Waals surface area contributed by atoms with Gasteiger partial charge in [-0.15, -0.1) is 0 Å². The molecule has 0 aliphatic carbocycles. The summed E-state index contributed by atoms with van der Waals surface area (Å²) in [6.07, 6.45) is -4.00. The van der Waals surface area contributed by atoms with Gasteiger partial charge in [0.1, 0.15) is 30.2 Å². The summed E-state index contributed by atoms with van der Waals surface area (Å²) in [7, 11) is 0. The zero-order valence-corrected chi connectivity index (χ0v) is 11.6. The molecule has 0 unspecified atom stereocenters. The summed E-state index contributed by atoms with van der Waals surface area (Å²) in [5.41, 5.74) is 0. The number of ether oxygens (including phenoxy) is 1. The summed E-state index contributed by atoms with van der Waals surface area (Å²) in [4.78, 5) is 11.8. The average Bonchev–Trinajstić information content (AvgIpc) is 2.41. The van der Waals surface area contributed by atoms with Gasteiger partial charge >= 0.3 is 0 Å². The zero-order chi connectivity index (χ0) is 15.3. The van der Waals surface area contributed by atoms with Crippen LogP contribution in [0.1, 0.15) is 39.0 Å². The van der Waals surface area contributed by atoms with E-state index in [4.69, 9.17) is 9.84 Å². The van der Waals surface area contributed by atoms with Gasteiger partial charge in [0.05, 0.1) is 13.0 Å². The van der Waals surface area contributed by atoms with Crippen LogP contribution in [0.25, 0.3) is 0 Å². The number of aliphatic hydroxyl groups excluding tert-OH is 4. The van der Waals surface area contributed by atoms with Gasteiger partial charge in [0.2, 0.25) is 5.79 Å². The first-order chi connectivity index (χ1) is 9.35. The molecule has 7 heteroatoms. The maximum Gasteiger partial charge on any atom is 0.202 e. The lowest BCUT2D eigenvalue weighted by Gasteiger charge is -2.45. The van der Waals surface area contributed by atoms with Crippen molar-refractivity contribution in [3.05, 3.63) is 0 Å². The topological polar surface area (TPSA) is 127 Å². The van der Waals surface area contributed by atoms with Crippen molar-refractivity contribution in [1.29, 1.82) is 0 Å². The van der Waals surface area contributed by atoms with Crippen molar-refractivity contribution >= 4 is 5.78 Å². The van der Waals surface area contributed by atoms with Crippen molar-refractivity contribution in [3.8, 4) is 0 Å². The third kappa shape index (κ3) is 3.97. The van der Waals surface area contributed by atoms with Gasteiger partial charge in [0.15, 0.2) is 0 Å². The molecule has 1 heterocycles. The van der Waals surface area contributed by atoms with E-state index in [9.17, 15) is 25.2 Å².